The number of nitrogen functional groups attached to an aromatic ring is 1. The zero-order chi connectivity index (χ0) is 24.6. The second-order valence-electron chi connectivity index (χ2n) is 11.2. The molecule has 0 bridgehead atoms. The number of aryl methyl sites for hydroxylation is 1. The summed E-state index contributed by atoms with van der Waals surface area (Å²) in [4.78, 5) is 25.8. The molecule has 6 nitrogen and oxygen atoms in total. The summed E-state index contributed by atoms with van der Waals surface area (Å²) in [5.41, 5.74) is 7.73. The van der Waals surface area contributed by atoms with Crippen LogP contribution in [0.5, 0.6) is 0 Å². The number of carbonyl (C=O) groups excluding carboxylic acids is 1. The summed E-state index contributed by atoms with van der Waals surface area (Å²) in [5, 5.41) is 0.488. The largest absolute Gasteiger partial charge is 0.462 e. The number of esters is 1. The molecule has 0 aliphatic heterocycles. The fourth-order valence-corrected chi connectivity index (χ4v) is 4.39. The Hall–Kier alpha value is -2.12. The van der Waals surface area contributed by atoms with Gasteiger partial charge >= 0.3 is 5.97 Å². The maximum absolute atomic E-state index is 13.2. The van der Waals surface area contributed by atoms with E-state index in [0.29, 0.717) is 17.7 Å². The van der Waals surface area contributed by atoms with Crippen molar-refractivity contribution in [3.8, 4) is 0 Å². The van der Waals surface area contributed by atoms with Gasteiger partial charge in [-0.3, -0.25) is 4.79 Å². The molecule has 0 saturated heterocycles. The van der Waals surface area contributed by atoms with Crippen molar-refractivity contribution in [3.63, 3.8) is 0 Å². The monoisotopic (exact) mass is 460 g/mol. The summed E-state index contributed by atoms with van der Waals surface area (Å²) >= 11 is 0. The van der Waals surface area contributed by atoms with Gasteiger partial charge in [0.05, 0.1) is 24.8 Å². The van der Waals surface area contributed by atoms with Crippen LogP contribution in [0.25, 0.3) is 10.9 Å². The molecule has 2 aromatic rings. The van der Waals surface area contributed by atoms with Crippen LogP contribution >= 0.6 is 0 Å². The maximum Gasteiger partial charge on any atom is 0.343 e. The minimum atomic E-state index is -2.01. The third-order valence-electron chi connectivity index (χ3n) is 6.66. The van der Waals surface area contributed by atoms with Crippen LogP contribution in [0.15, 0.2) is 23.1 Å². The van der Waals surface area contributed by atoms with Crippen LogP contribution in [-0.4, -0.2) is 32.1 Å². The number of ether oxygens (including phenoxy) is 1. The van der Waals surface area contributed by atoms with Crippen LogP contribution in [0, 0.1) is 12.3 Å². The first-order valence-electron chi connectivity index (χ1n) is 11.3. The molecule has 2 rings (SSSR count). The molecule has 32 heavy (non-hydrogen) atoms. The molecule has 178 valence electrons. The van der Waals surface area contributed by atoms with Gasteiger partial charge in [0.2, 0.25) is 5.43 Å². The molecule has 2 N–H and O–H groups in total. The summed E-state index contributed by atoms with van der Waals surface area (Å²) in [6, 6.07) is 3.48. The van der Waals surface area contributed by atoms with Crippen LogP contribution in [0.1, 0.15) is 70.4 Å². The van der Waals surface area contributed by atoms with Crippen LogP contribution in [0.2, 0.25) is 18.1 Å². The van der Waals surface area contributed by atoms with E-state index in [2.05, 4.69) is 54.6 Å². The van der Waals surface area contributed by atoms with E-state index in [1.807, 2.05) is 17.6 Å². The van der Waals surface area contributed by atoms with Gasteiger partial charge in [-0.2, -0.15) is 0 Å². The van der Waals surface area contributed by atoms with E-state index < -0.39 is 14.3 Å². The number of fused-ring (bicyclic) bond motifs is 1. The van der Waals surface area contributed by atoms with E-state index in [9.17, 15) is 9.59 Å². The Morgan fingerprint density at radius 3 is 2.25 bits per heavy atom. The molecule has 1 atom stereocenters. The quantitative estimate of drug-likeness (QED) is 0.341. The van der Waals surface area contributed by atoms with Crippen molar-refractivity contribution in [2.24, 2.45) is 5.41 Å². The number of hydrogen-bond acceptors (Lipinski definition) is 5. The summed E-state index contributed by atoms with van der Waals surface area (Å²) in [7, 11) is -2.01. The average Bonchev–Trinajstić information content (AvgIpc) is 2.63. The van der Waals surface area contributed by atoms with Crippen molar-refractivity contribution in [1.29, 1.82) is 0 Å². The Kier molecular flexibility index (Phi) is 7.37. The molecular weight excluding hydrogens is 420 g/mol. The van der Waals surface area contributed by atoms with Gasteiger partial charge in [0, 0.05) is 17.3 Å². The minimum absolute atomic E-state index is 0.0178. The smallest absolute Gasteiger partial charge is 0.343 e. The Morgan fingerprint density at radius 1 is 1.16 bits per heavy atom. The second-order valence-corrected chi connectivity index (χ2v) is 16.0. The van der Waals surface area contributed by atoms with Gasteiger partial charge in [-0.1, -0.05) is 41.5 Å². The van der Waals surface area contributed by atoms with Gasteiger partial charge in [-0.05, 0) is 55.1 Å². The fraction of sp³-hybridized carbons (Fsp3) is 0.600. The van der Waals surface area contributed by atoms with E-state index in [-0.39, 0.29) is 34.1 Å². The predicted octanol–water partition coefficient (Wildman–Crippen LogP) is 5.68. The van der Waals surface area contributed by atoms with Gasteiger partial charge in [0.1, 0.15) is 5.56 Å². The number of pyridine rings is 1. The fourth-order valence-electron chi connectivity index (χ4n) is 3.38. The van der Waals surface area contributed by atoms with E-state index in [1.165, 1.54) is 0 Å². The van der Waals surface area contributed by atoms with Crippen molar-refractivity contribution >= 4 is 30.9 Å². The maximum atomic E-state index is 13.2. The normalized spacial score (nSPS) is 13.9. The lowest BCUT2D eigenvalue weighted by atomic mass is 9.86. The van der Waals surface area contributed by atoms with Gasteiger partial charge in [0.25, 0.3) is 0 Å². The highest BCUT2D eigenvalue weighted by Crippen LogP contribution is 2.40. The highest BCUT2D eigenvalue weighted by atomic mass is 28.4. The predicted molar refractivity (Wildman–Crippen MR) is 135 cm³/mol. The molecule has 1 aromatic heterocycles. The molecule has 0 saturated carbocycles. The lowest BCUT2D eigenvalue weighted by Gasteiger charge is -2.40. The third-order valence-corrected chi connectivity index (χ3v) is 11.2. The Labute approximate surface area is 193 Å². The lowest BCUT2D eigenvalue weighted by molar-refractivity contribution is 0.0522. The molecule has 0 fully saturated rings. The lowest BCUT2D eigenvalue weighted by Crippen LogP contribution is -2.43. The first-order valence-corrected chi connectivity index (χ1v) is 14.2. The molecule has 0 spiro atoms. The van der Waals surface area contributed by atoms with Crippen molar-refractivity contribution in [2.45, 2.75) is 79.6 Å². The van der Waals surface area contributed by atoms with Gasteiger partial charge in [0.15, 0.2) is 8.32 Å². The van der Waals surface area contributed by atoms with E-state index in [0.717, 1.165) is 11.1 Å². The van der Waals surface area contributed by atoms with Crippen molar-refractivity contribution in [1.82, 2.24) is 4.57 Å². The SMILES string of the molecule is CCOC(=O)c1cn([C@H](CO[Si](C)(C)C(C)(C)C)C(C)(C)C)c2cc(C)c(N)cc2c1=O. The van der Waals surface area contributed by atoms with Gasteiger partial charge in [-0.25, -0.2) is 4.79 Å². The van der Waals surface area contributed by atoms with Crippen molar-refractivity contribution in [3.05, 3.63) is 39.7 Å². The third kappa shape index (κ3) is 5.26. The minimum Gasteiger partial charge on any atom is -0.462 e. The molecule has 0 unspecified atom stereocenters. The standard InChI is InChI=1S/C25H40N2O4Si/c1-11-30-23(29)18-14-27(20-12-16(2)19(26)13-17(20)22(18)28)21(24(3,4)5)15-31-32(9,10)25(6,7)8/h12-14,21H,11,15,26H2,1-10H3/t21-/m1/s1. The number of carbonyl (C=O) groups is 1. The Bertz CT molecular complexity index is 1060. The van der Waals surface area contributed by atoms with E-state index in [1.54, 1.807) is 19.2 Å². The number of rotatable bonds is 6. The number of aromatic nitrogens is 1. The summed E-state index contributed by atoms with van der Waals surface area (Å²) in [6.45, 7) is 21.8. The van der Waals surface area contributed by atoms with E-state index in [4.69, 9.17) is 14.9 Å². The Morgan fingerprint density at radius 2 is 1.75 bits per heavy atom. The first-order chi connectivity index (χ1) is 14.5. The highest BCUT2D eigenvalue weighted by molar-refractivity contribution is 6.74. The number of nitrogens with zero attached hydrogens (tertiary/aromatic N) is 1. The number of hydrogen-bond donors (Lipinski definition) is 1. The molecule has 0 amide bonds. The van der Waals surface area contributed by atoms with Gasteiger partial charge < -0.3 is 19.5 Å². The molecule has 0 aliphatic rings. The highest BCUT2D eigenvalue weighted by Gasteiger charge is 2.39. The molecule has 0 aliphatic carbocycles. The van der Waals surface area contributed by atoms with Crippen LogP contribution in [0.4, 0.5) is 5.69 Å². The zero-order valence-corrected chi connectivity index (χ0v) is 22.4. The summed E-state index contributed by atoms with van der Waals surface area (Å²) in [5.74, 6) is -0.620. The molecule has 1 aromatic carbocycles. The van der Waals surface area contributed by atoms with Crippen molar-refractivity contribution < 1.29 is 14.0 Å². The molecule has 0 radical (unpaired) electrons. The number of nitrogens with two attached hydrogens (primary N) is 1. The first kappa shape index (κ1) is 26.1. The second kappa shape index (κ2) is 9.02. The number of anilines is 1. The topological polar surface area (TPSA) is 83.6 Å². The van der Waals surface area contributed by atoms with E-state index >= 15 is 0 Å². The molecule has 1 heterocycles. The zero-order valence-electron chi connectivity index (χ0n) is 21.4. The number of benzene rings is 1. The van der Waals surface area contributed by atoms with Crippen LogP contribution < -0.4 is 11.2 Å². The average molecular weight is 461 g/mol. The summed E-state index contributed by atoms with van der Waals surface area (Å²) in [6.07, 6.45) is 1.64. The summed E-state index contributed by atoms with van der Waals surface area (Å²) < 4.78 is 13.8. The van der Waals surface area contributed by atoms with Crippen LogP contribution in [-0.2, 0) is 9.16 Å². The van der Waals surface area contributed by atoms with Crippen molar-refractivity contribution in [2.75, 3.05) is 18.9 Å². The van der Waals surface area contributed by atoms with Crippen LogP contribution in [0.3, 0.4) is 0 Å². The Balaban J connectivity index is 2.78. The molecule has 7 heteroatoms. The van der Waals surface area contributed by atoms with Gasteiger partial charge in [-0.15, -0.1) is 0 Å². The molecular formula is C25H40N2O4Si.